The molecule has 30 heavy (non-hydrogen) atoms. The molecule has 160 valence electrons. The fraction of sp³-hybridized carbons (Fsp3) is 0.350. The van der Waals surface area contributed by atoms with Gasteiger partial charge in [0.05, 0.1) is 45.5 Å². The lowest BCUT2D eigenvalue weighted by Crippen LogP contribution is -2.31. The molecule has 0 saturated carbocycles. The number of aromatic nitrogens is 2. The lowest BCUT2D eigenvalue weighted by atomic mass is 9.82. The third kappa shape index (κ3) is 3.58. The Labute approximate surface area is 177 Å². The number of hydrogen-bond donors (Lipinski definition) is 2. The molecule has 1 aliphatic rings. The lowest BCUT2D eigenvalue weighted by molar-refractivity contribution is -0.136. The quantitative estimate of drug-likeness (QED) is 0.403. The predicted octanol–water partition coefficient (Wildman–Crippen LogP) is 2.52. The molecule has 9 nitrogen and oxygen atoms in total. The number of ether oxygens (including phenoxy) is 4. The molecule has 0 bridgehead atoms. The van der Waals surface area contributed by atoms with E-state index in [0.29, 0.717) is 50.6 Å². The van der Waals surface area contributed by atoms with E-state index in [1.165, 1.54) is 40.2 Å². The number of carbonyl (C=O) groups excluding carboxylic acids is 1. The highest BCUT2D eigenvalue weighted by Crippen LogP contribution is 2.45. The molecule has 0 aliphatic carbocycles. The molecule has 1 aliphatic heterocycles. The number of nitrogens with one attached hydrogen (secondary N) is 2. The van der Waals surface area contributed by atoms with Crippen LogP contribution in [0.3, 0.4) is 0 Å². The molecule has 10 heteroatoms. The number of benzene rings is 1. The second kappa shape index (κ2) is 8.70. The molecule has 0 saturated heterocycles. The summed E-state index contributed by atoms with van der Waals surface area (Å²) in [4.78, 5) is 32.9. The van der Waals surface area contributed by atoms with Gasteiger partial charge < -0.3 is 29.2 Å². The summed E-state index contributed by atoms with van der Waals surface area (Å²) in [6.45, 7) is 1.74. The van der Waals surface area contributed by atoms with Gasteiger partial charge in [0, 0.05) is 5.70 Å². The molecule has 3 rings (SSSR count). The molecule has 1 aromatic carbocycles. The van der Waals surface area contributed by atoms with Gasteiger partial charge in [-0.15, -0.1) is 0 Å². The summed E-state index contributed by atoms with van der Waals surface area (Å²) in [6, 6.07) is 3.42. The summed E-state index contributed by atoms with van der Waals surface area (Å²) in [5.41, 5.74) is 1.37. The second-order valence-electron chi connectivity index (χ2n) is 6.38. The van der Waals surface area contributed by atoms with Crippen LogP contribution in [-0.4, -0.2) is 50.6 Å². The van der Waals surface area contributed by atoms with E-state index in [0.717, 1.165) is 0 Å². The van der Waals surface area contributed by atoms with E-state index in [1.807, 2.05) is 6.26 Å². The summed E-state index contributed by atoms with van der Waals surface area (Å²) in [5.74, 6) is 0.278. The minimum absolute atomic E-state index is 0.295. The van der Waals surface area contributed by atoms with Crippen molar-refractivity contribution in [2.75, 3.05) is 40.0 Å². The zero-order valence-electron chi connectivity index (χ0n) is 17.5. The van der Waals surface area contributed by atoms with E-state index >= 15 is 0 Å². The summed E-state index contributed by atoms with van der Waals surface area (Å²) in [6.07, 6.45) is 1.81. The van der Waals surface area contributed by atoms with Gasteiger partial charge in [0.15, 0.2) is 16.7 Å². The maximum Gasteiger partial charge on any atom is 0.336 e. The smallest absolute Gasteiger partial charge is 0.336 e. The average Bonchev–Trinajstić information content (AvgIpc) is 2.76. The van der Waals surface area contributed by atoms with Crippen LogP contribution < -0.4 is 25.1 Å². The molecule has 1 aromatic heterocycles. The standard InChI is InChI=1S/C20H23N3O6S/c1-9-13(19(25)29-5)14(15-17(21-9)22-20(30-6)23-18(15)24)10-7-11(26-2)16(28-4)12(8-10)27-3/h7-8,14H,1-6H3,(H2,21,22,23,24). The summed E-state index contributed by atoms with van der Waals surface area (Å²) < 4.78 is 21.3. The third-order valence-electron chi connectivity index (χ3n) is 4.84. The predicted molar refractivity (Wildman–Crippen MR) is 113 cm³/mol. The number of fused-ring (bicyclic) bond motifs is 1. The van der Waals surface area contributed by atoms with Crippen molar-refractivity contribution >= 4 is 23.5 Å². The molecule has 1 unspecified atom stereocenters. The zero-order valence-corrected chi connectivity index (χ0v) is 18.4. The number of aromatic amines is 1. The molecule has 0 fully saturated rings. The highest BCUT2D eigenvalue weighted by atomic mass is 32.2. The number of methoxy groups -OCH3 is 4. The lowest BCUT2D eigenvalue weighted by Gasteiger charge is -2.29. The molecule has 1 atom stereocenters. The van der Waals surface area contributed by atoms with Crippen molar-refractivity contribution < 1.29 is 23.7 Å². The molecule has 2 heterocycles. The minimum atomic E-state index is -0.755. The van der Waals surface area contributed by atoms with E-state index in [-0.39, 0.29) is 5.56 Å². The van der Waals surface area contributed by atoms with Gasteiger partial charge in [0.25, 0.3) is 5.56 Å². The number of hydrogen-bond acceptors (Lipinski definition) is 9. The Morgan fingerprint density at radius 3 is 2.23 bits per heavy atom. The van der Waals surface area contributed by atoms with Gasteiger partial charge in [-0.1, -0.05) is 11.8 Å². The topological polar surface area (TPSA) is 112 Å². The van der Waals surface area contributed by atoms with Gasteiger partial charge in [-0.2, -0.15) is 0 Å². The number of nitrogens with zero attached hydrogens (tertiary/aromatic N) is 1. The Morgan fingerprint density at radius 1 is 1.10 bits per heavy atom. The minimum Gasteiger partial charge on any atom is -0.493 e. The van der Waals surface area contributed by atoms with E-state index in [1.54, 1.807) is 19.1 Å². The van der Waals surface area contributed by atoms with Crippen molar-refractivity contribution in [1.29, 1.82) is 0 Å². The van der Waals surface area contributed by atoms with Gasteiger partial charge >= 0.3 is 5.97 Å². The fourth-order valence-corrected chi connectivity index (χ4v) is 3.89. The Bertz CT molecular complexity index is 1050. The molecular formula is C20H23N3O6S. The van der Waals surface area contributed by atoms with Gasteiger partial charge in [-0.25, -0.2) is 9.78 Å². The normalized spacial score (nSPS) is 15.2. The third-order valence-corrected chi connectivity index (χ3v) is 5.42. The average molecular weight is 433 g/mol. The number of rotatable bonds is 6. The first-order valence-electron chi connectivity index (χ1n) is 8.94. The first-order chi connectivity index (χ1) is 14.4. The van der Waals surface area contributed by atoms with Crippen LogP contribution in [-0.2, 0) is 9.53 Å². The molecule has 0 amide bonds. The summed E-state index contributed by atoms with van der Waals surface area (Å²) >= 11 is 1.31. The van der Waals surface area contributed by atoms with E-state index in [9.17, 15) is 9.59 Å². The van der Waals surface area contributed by atoms with Crippen LogP contribution in [0.25, 0.3) is 0 Å². The van der Waals surface area contributed by atoms with Crippen LogP contribution in [0.2, 0.25) is 0 Å². The summed E-state index contributed by atoms with van der Waals surface area (Å²) in [7, 11) is 5.80. The number of allylic oxidation sites excluding steroid dienone is 1. The van der Waals surface area contributed by atoms with Gasteiger partial charge in [-0.05, 0) is 30.9 Å². The molecular weight excluding hydrogens is 410 g/mol. The van der Waals surface area contributed by atoms with Crippen molar-refractivity contribution in [3.05, 3.63) is 44.9 Å². The first kappa shape index (κ1) is 21.6. The Hall–Kier alpha value is -3.14. The van der Waals surface area contributed by atoms with Crippen molar-refractivity contribution in [3.8, 4) is 17.2 Å². The van der Waals surface area contributed by atoms with E-state index < -0.39 is 11.9 Å². The number of thioether (sulfide) groups is 1. The monoisotopic (exact) mass is 433 g/mol. The van der Waals surface area contributed by atoms with Crippen LogP contribution in [0.15, 0.2) is 33.4 Å². The van der Waals surface area contributed by atoms with Crippen molar-refractivity contribution in [1.82, 2.24) is 9.97 Å². The molecule has 0 spiro atoms. The Kier molecular flexibility index (Phi) is 6.25. The molecule has 0 radical (unpaired) electrons. The molecule has 2 N–H and O–H groups in total. The largest absolute Gasteiger partial charge is 0.493 e. The Morgan fingerprint density at radius 2 is 1.73 bits per heavy atom. The highest BCUT2D eigenvalue weighted by molar-refractivity contribution is 7.98. The summed E-state index contributed by atoms with van der Waals surface area (Å²) in [5, 5.41) is 3.53. The van der Waals surface area contributed by atoms with Crippen LogP contribution in [0.4, 0.5) is 5.82 Å². The van der Waals surface area contributed by atoms with Gasteiger partial charge in [0.1, 0.15) is 5.82 Å². The molecule has 2 aromatic rings. The van der Waals surface area contributed by atoms with Crippen LogP contribution in [0, 0.1) is 0 Å². The van der Waals surface area contributed by atoms with Gasteiger partial charge in [-0.3, -0.25) is 4.79 Å². The van der Waals surface area contributed by atoms with Crippen molar-refractivity contribution in [2.45, 2.75) is 18.0 Å². The van der Waals surface area contributed by atoms with Crippen molar-refractivity contribution in [3.63, 3.8) is 0 Å². The van der Waals surface area contributed by atoms with Crippen molar-refractivity contribution in [2.24, 2.45) is 0 Å². The number of H-pyrrole nitrogens is 1. The van der Waals surface area contributed by atoms with Crippen LogP contribution in [0.1, 0.15) is 24.0 Å². The van der Waals surface area contributed by atoms with Crippen LogP contribution in [0.5, 0.6) is 17.2 Å². The number of anilines is 1. The SMILES string of the molecule is COC(=O)C1=C(C)Nc2nc(SC)[nH]c(=O)c2C1c1cc(OC)c(OC)c(OC)c1. The fourth-order valence-electron chi connectivity index (χ4n) is 3.51. The number of carbonyl (C=O) groups is 1. The maximum absolute atomic E-state index is 13.0. The maximum atomic E-state index is 13.0. The first-order valence-corrected chi connectivity index (χ1v) is 10.2. The van der Waals surface area contributed by atoms with E-state index in [4.69, 9.17) is 18.9 Å². The number of esters is 1. The second-order valence-corrected chi connectivity index (χ2v) is 7.18. The van der Waals surface area contributed by atoms with Gasteiger partial charge in [0.2, 0.25) is 5.75 Å². The zero-order chi connectivity index (χ0) is 22.0. The Balaban J connectivity index is 2.35. The van der Waals surface area contributed by atoms with Crippen LogP contribution >= 0.6 is 11.8 Å². The highest BCUT2D eigenvalue weighted by Gasteiger charge is 2.37. The van der Waals surface area contributed by atoms with E-state index in [2.05, 4.69) is 15.3 Å².